The standard InChI is InChI=1S/C21H21F2NO4/c1-13(15-5-6-16(22)17(23)12-15)24(2)20(25)7-4-14-10-18(26-3)21-19(11-14)27-8-9-28-21/h4-7,10-13H,8-9H2,1-3H3/b7-4+. The molecule has 0 aliphatic carbocycles. The van der Waals surface area contributed by atoms with Gasteiger partial charge in [0.05, 0.1) is 13.2 Å². The highest BCUT2D eigenvalue weighted by molar-refractivity contribution is 5.92. The lowest BCUT2D eigenvalue weighted by atomic mass is 10.1. The highest BCUT2D eigenvalue weighted by atomic mass is 19.2. The Balaban J connectivity index is 1.76. The van der Waals surface area contributed by atoms with E-state index in [9.17, 15) is 13.6 Å². The number of benzene rings is 2. The number of rotatable bonds is 5. The average Bonchev–Trinajstić information content (AvgIpc) is 2.72. The van der Waals surface area contributed by atoms with Crippen molar-refractivity contribution in [2.45, 2.75) is 13.0 Å². The molecule has 0 bridgehead atoms. The molecule has 0 saturated heterocycles. The number of halogens is 2. The lowest BCUT2D eigenvalue weighted by molar-refractivity contribution is -0.126. The van der Waals surface area contributed by atoms with Gasteiger partial charge in [-0.05, 0) is 48.4 Å². The molecule has 0 radical (unpaired) electrons. The summed E-state index contributed by atoms with van der Waals surface area (Å²) in [5.74, 6) is -0.525. The molecule has 148 valence electrons. The monoisotopic (exact) mass is 389 g/mol. The van der Waals surface area contributed by atoms with E-state index >= 15 is 0 Å². The van der Waals surface area contributed by atoms with E-state index in [2.05, 4.69) is 0 Å². The summed E-state index contributed by atoms with van der Waals surface area (Å²) in [5, 5.41) is 0. The van der Waals surface area contributed by atoms with E-state index in [1.54, 1.807) is 32.2 Å². The fraction of sp³-hybridized carbons (Fsp3) is 0.286. The quantitative estimate of drug-likeness (QED) is 0.726. The minimum Gasteiger partial charge on any atom is -0.493 e. The van der Waals surface area contributed by atoms with Crippen molar-refractivity contribution < 1.29 is 27.8 Å². The number of carbonyl (C=O) groups excluding carboxylic acids is 1. The molecular formula is C21H21F2NO4. The van der Waals surface area contributed by atoms with Crippen molar-refractivity contribution >= 4 is 12.0 Å². The van der Waals surface area contributed by atoms with E-state index in [0.29, 0.717) is 41.6 Å². The molecule has 0 N–H and O–H groups in total. The molecule has 1 amide bonds. The van der Waals surface area contributed by atoms with Gasteiger partial charge in [-0.15, -0.1) is 0 Å². The molecule has 1 aliphatic rings. The number of hydrogen-bond donors (Lipinski definition) is 0. The van der Waals surface area contributed by atoms with Crippen LogP contribution in [0.15, 0.2) is 36.4 Å². The maximum absolute atomic E-state index is 13.5. The number of fused-ring (bicyclic) bond motifs is 1. The van der Waals surface area contributed by atoms with Gasteiger partial charge in [-0.3, -0.25) is 4.79 Å². The summed E-state index contributed by atoms with van der Waals surface area (Å²) in [6, 6.07) is 6.69. The van der Waals surface area contributed by atoms with Crippen molar-refractivity contribution in [3.8, 4) is 17.2 Å². The smallest absolute Gasteiger partial charge is 0.246 e. The fourth-order valence-corrected chi connectivity index (χ4v) is 2.86. The van der Waals surface area contributed by atoms with Crippen molar-refractivity contribution in [2.75, 3.05) is 27.4 Å². The van der Waals surface area contributed by atoms with Gasteiger partial charge >= 0.3 is 0 Å². The van der Waals surface area contributed by atoms with Crippen molar-refractivity contribution in [3.05, 3.63) is 59.2 Å². The van der Waals surface area contributed by atoms with Gasteiger partial charge < -0.3 is 19.1 Å². The van der Waals surface area contributed by atoms with Gasteiger partial charge in [-0.2, -0.15) is 0 Å². The molecule has 3 rings (SSSR count). The van der Waals surface area contributed by atoms with E-state index < -0.39 is 17.7 Å². The molecule has 2 aromatic carbocycles. The normalized spacial score (nSPS) is 14.0. The first-order valence-corrected chi connectivity index (χ1v) is 8.78. The van der Waals surface area contributed by atoms with E-state index in [4.69, 9.17) is 14.2 Å². The van der Waals surface area contributed by atoms with Crippen LogP contribution in [0.2, 0.25) is 0 Å². The van der Waals surface area contributed by atoms with Crippen molar-refractivity contribution in [1.29, 1.82) is 0 Å². The molecule has 28 heavy (non-hydrogen) atoms. The summed E-state index contributed by atoms with van der Waals surface area (Å²) >= 11 is 0. The van der Waals surface area contributed by atoms with Gasteiger partial charge in [-0.25, -0.2) is 8.78 Å². The lowest BCUT2D eigenvalue weighted by Gasteiger charge is -2.24. The first-order chi connectivity index (χ1) is 13.4. The van der Waals surface area contributed by atoms with Crippen LogP contribution in [0.25, 0.3) is 6.08 Å². The van der Waals surface area contributed by atoms with Crippen LogP contribution in [0.1, 0.15) is 24.1 Å². The molecule has 0 fully saturated rings. The molecule has 0 spiro atoms. The van der Waals surface area contributed by atoms with Gasteiger partial charge in [0.25, 0.3) is 0 Å². The largest absolute Gasteiger partial charge is 0.493 e. The second-order valence-electron chi connectivity index (χ2n) is 6.38. The molecule has 0 aromatic heterocycles. The van der Waals surface area contributed by atoms with Crippen LogP contribution in [0.5, 0.6) is 17.2 Å². The molecule has 1 unspecified atom stereocenters. The number of hydrogen-bond acceptors (Lipinski definition) is 4. The Morgan fingerprint density at radius 1 is 1.18 bits per heavy atom. The van der Waals surface area contributed by atoms with Crippen LogP contribution in [0.3, 0.4) is 0 Å². The number of carbonyl (C=O) groups is 1. The maximum atomic E-state index is 13.5. The molecular weight excluding hydrogens is 368 g/mol. The van der Waals surface area contributed by atoms with Crippen molar-refractivity contribution in [1.82, 2.24) is 4.90 Å². The zero-order valence-electron chi connectivity index (χ0n) is 15.9. The Morgan fingerprint density at radius 2 is 1.93 bits per heavy atom. The number of ether oxygens (including phenoxy) is 3. The van der Waals surface area contributed by atoms with Crippen LogP contribution >= 0.6 is 0 Å². The zero-order chi connectivity index (χ0) is 20.3. The van der Waals surface area contributed by atoms with E-state index in [0.717, 1.165) is 12.1 Å². The minimum absolute atomic E-state index is 0.286. The maximum Gasteiger partial charge on any atom is 0.246 e. The Bertz CT molecular complexity index is 896. The molecule has 1 atom stereocenters. The Kier molecular flexibility index (Phi) is 5.82. The number of likely N-dealkylation sites (N-methyl/N-ethyl adjacent to an activating group) is 1. The van der Waals surface area contributed by atoms with E-state index in [-0.39, 0.29) is 5.91 Å². The molecule has 2 aromatic rings. The third-order valence-corrected chi connectivity index (χ3v) is 4.62. The van der Waals surface area contributed by atoms with Gasteiger partial charge in [-0.1, -0.05) is 6.07 Å². The second-order valence-corrected chi connectivity index (χ2v) is 6.38. The number of amides is 1. The second kappa shape index (κ2) is 8.29. The van der Waals surface area contributed by atoms with Gasteiger partial charge in [0.2, 0.25) is 11.7 Å². The zero-order valence-corrected chi connectivity index (χ0v) is 15.9. The van der Waals surface area contributed by atoms with Crippen LogP contribution < -0.4 is 14.2 Å². The van der Waals surface area contributed by atoms with Crippen LogP contribution in [0, 0.1) is 11.6 Å². The Hall–Kier alpha value is -3.09. The summed E-state index contributed by atoms with van der Waals surface area (Å²) < 4.78 is 43.0. The minimum atomic E-state index is -0.941. The first-order valence-electron chi connectivity index (χ1n) is 8.78. The summed E-state index contributed by atoms with van der Waals surface area (Å²) in [4.78, 5) is 14.0. The predicted molar refractivity (Wildman–Crippen MR) is 101 cm³/mol. The first kappa shape index (κ1) is 19.7. The predicted octanol–water partition coefficient (Wildman–Crippen LogP) is 3.98. The molecule has 1 aliphatic heterocycles. The highest BCUT2D eigenvalue weighted by Gasteiger charge is 2.19. The number of methoxy groups -OCH3 is 1. The Morgan fingerprint density at radius 3 is 2.64 bits per heavy atom. The van der Waals surface area contributed by atoms with Crippen LogP contribution in [-0.4, -0.2) is 38.2 Å². The Labute approximate surface area is 162 Å². The van der Waals surface area contributed by atoms with Crippen molar-refractivity contribution in [3.63, 3.8) is 0 Å². The van der Waals surface area contributed by atoms with E-state index in [1.807, 2.05) is 0 Å². The average molecular weight is 389 g/mol. The van der Waals surface area contributed by atoms with Crippen LogP contribution in [0.4, 0.5) is 8.78 Å². The fourth-order valence-electron chi connectivity index (χ4n) is 2.86. The van der Waals surface area contributed by atoms with Gasteiger partial charge in [0, 0.05) is 13.1 Å². The van der Waals surface area contributed by atoms with E-state index in [1.165, 1.54) is 24.2 Å². The molecule has 5 nitrogen and oxygen atoms in total. The highest BCUT2D eigenvalue weighted by Crippen LogP contribution is 2.40. The molecule has 7 heteroatoms. The summed E-state index contributed by atoms with van der Waals surface area (Å²) in [6.07, 6.45) is 3.04. The lowest BCUT2D eigenvalue weighted by Crippen LogP contribution is -2.28. The summed E-state index contributed by atoms with van der Waals surface area (Å²) in [6.45, 7) is 2.63. The summed E-state index contributed by atoms with van der Waals surface area (Å²) in [7, 11) is 3.13. The number of nitrogens with zero attached hydrogens (tertiary/aromatic N) is 1. The summed E-state index contributed by atoms with van der Waals surface area (Å²) in [5.41, 5.74) is 1.22. The topological polar surface area (TPSA) is 48.0 Å². The van der Waals surface area contributed by atoms with Gasteiger partial charge in [0.1, 0.15) is 13.2 Å². The van der Waals surface area contributed by atoms with Crippen molar-refractivity contribution in [2.24, 2.45) is 0 Å². The molecule has 0 saturated carbocycles. The third kappa shape index (κ3) is 4.08. The molecule has 1 heterocycles. The van der Waals surface area contributed by atoms with Gasteiger partial charge in [0.15, 0.2) is 23.1 Å². The third-order valence-electron chi connectivity index (χ3n) is 4.62. The SMILES string of the molecule is COc1cc(/C=C/C(=O)N(C)C(C)c2ccc(F)c(F)c2)cc2c1OCCO2. The van der Waals surface area contributed by atoms with Crippen LogP contribution in [-0.2, 0) is 4.79 Å².